The van der Waals surface area contributed by atoms with Gasteiger partial charge < -0.3 is 17.2 Å². The smallest absolute Gasteiger partial charge is 0.0195 e. The van der Waals surface area contributed by atoms with Crippen molar-refractivity contribution in [3.8, 4) is 0 Å². The summed E-state index contributed by atoms with van der Waals surface area (Å²) >= 11 is 0. The molecule has 3 nitrogen and oxygen atoms in total. The summed E-state index contributed by atoms with van der Waals surface area (Å²) in [6.07, 6.45) is 2.28. The summed E-state index contributed by atoms with van der Waals surface area (Å²) in [6.45, 7) is 5.72. The lowest BCUT2D eigenvalue weighted by Gasteiger charge is -1.67. The molecular formula is C7H24N3. The summed E-state index contributed by atoms with van der Waals surface area (Å²) in [5.74, 6) is 0. The Morgan fingerprint density at radius 2 is 1.00 bits per heavy atom. The summed E-state index contributed by atoms with van der Waals surface area (Å²) in [5, 5.41) is 0. The number of unbranched alkanes of at least 4 members (excludes halogenated alkanes) is 1. The van der Waals surface area contributed by atoms with Gasteiger partial charge in [-0.1, -0.05) is 26.7 Å². The average Bonchev–Trinajstić information content (AvgIpc) is 2.14. The SMILES string of the molecule is CN.CN.CN.[CH2]CCC. The van der Waals surface area contributed by atoms with E-state index < -0.39 is 0 Å². The first-order valence-corrected chi connectivity index (χ1v) is 3.44. The molecule has 0 aromatic rings. The van der Waals surface area contributed by atoms with Gasteiger partial charge in [0, 0.05) is 0 Å². The van der Waals surface area contributed by atoms with Gasteiger partial charge in [0.05, 0.1) is 0 Å². The van der Waals surface area contributed by atoms with Gasteiger partial charge >= 0.3 is 0 Å². The second-order valence-electron chi connectivity index (χ2n) is 0.854. The molecule has 0 saturated carbocycles. The van der Waals surface area contributed by atoms with E-state index in [1.54, 1.807) is 0 Å². The molecule has 0 rings (SSSR count). The highest BCUT2D eigenvalue weighted by Crippen LogP contribution is 1.75. The molecule has 0 fully saturated rings. The van der Waals surface area contributed by atoms with Crippen LogP contribution in [0.5, 0.6) is 0 Å². The fraction of sp³-hybridized carbons (Fsp3) is 0.857. The molecule has 0 aliphatic heterocycles. The van der Waals surface area contributed by atoms with Gasteiger partial charge in [0.1, 0.15) is 0 Å². The van der Waals surface area contributed by atoms with Crippen LogP contribution in [0.25, 0.3) is 0 Å². The van der Waals surface area contributed by atoms with Crippen LogP contribution in [0.2, 0.25) is 0 Å². The Hall–Kier alpha value is -0.120. The number of rotatable bonds is 1. The van der Waals surface area contributed by atoms with Crippen LogP contribution >= 0.6 is 0 Å². The van der Waals surface area contributed by atoms with Crippen molar-refractivity contribution in [2.75, 3.05) is 21.1 Å². The second kappa shape index (κ2) is 156. The molecule has 0 heterocycles. The zero-order valence-corrected chi connectivity index (χ0v) is 7.85. The van der Waals surface area contributed by atoms with E-state index in [9.17, 15) is 0 Å². The van der Waals surface area contributed by atoms with Crippen LogP contribution in [0, 0.1) is 6.92 Å². The van der Waals surface area contributed by atoms with Crippen LogP contribution in [0.3, 0.4) is 0 Å². The minimum absolute atomic E-state index is 1.07. The fourth-order valence-electron chi connectivity index (χ4n) is 0. The van der Waals surface area contributed by atoms with Crippen LogP contribution < -0.4 is 17.2 Å². The second-order valence-corrected chi connectivity index (χ2v) is 0.854. The van der Waals surface area contributed by atoms with Crippen molar-refractivity contribution in [1.29, 1.82) is 0 Å². The predicted molar refractivity (Wildman–Crippen MR) is 50.6 cm³/mol. The summed E-state index contributed by atoms with van der Waals surface area (Å²) < 4.78 is 0. The monoisotopic (exact) mass is 150 g/mol. The van der Waals surface area contributed by atoms with E-state index in [0.717, 1.165) is 6.42 Å². The van der Waals surface area contributed by atoms with E-state index in [1.807, 2.05) is 0 Å². The molecule has 1 radical (unpaired) electrons. The molecule has 0 bridgehead atoms. The van der Waals surface area contributed by atoms with Gasteiger partial charge in [0.15, 0.2) is 0 Å². The first-order valence-electron chi connectivity index (χ1n) is 3.44. The molecule has 0 aliphatic rings. The molecule has 0 aliphatic carbocycles. The minimum Gasteiger partial charge on any atom is -0.333 e. The molecule has 10 heavy (non-hydrogen) atoms. The standard InChI is InChI=1S/C4H9.3CH5N/c1-3-4-2;3*1-2/h1,3-4H2,2H3;3*2H2,1H3. The molecule has 0 spiro atoms. The van der Waals surface area contributed by atoms with Gasteiger partial charge in [0.2, 0.25) is 0 Å². The van der Waals surface area contributed by atoms with Crippen molar-refractivity contribution in [1.82, 2.24) is 0 Å². The first-order chi connectivity index (χ1) is 4.91. The highest BCUT2D eigenvalue weighted by molar-refractivity contribution is 4.29. The summed E-state index contributed by atoms with van der Waals surface area (Å²) in [4.78, 5) is 0. The van der Waals surface area contributed by atoms with E-state index in [-0.39, 0.29) is 0 Å². The van der Waals surface area contributed by atoms with Gasteiger partial charge in [-0.25, -0.2) is 0 Å². The van der Waals surface area contributed by atoms with Crippen molar-refractivity contribution in [3.05, 3.63) is 6.92 Å². The summed E-state index contributed by atoms with van der Waals surface area (Å²) in [6, 6.07) is 0. The lowest BCUT2D eigenvalue weighted by Crippen LogP contribution is -1.69. The molecule has 0 amide bonds. The fourth-order valence-corrected chi connectivity index (χ4v) is 0. The zero-order chi connectivity index (χ0) is 9.41. The van der Waals surface area contributed by atoms with E-state index >= 15 is 0 Å². The Bertz CT molecular complexity index is 10.8. The van der Waals surface area contributed by atoms with E-state index in [2.05, 4.69) is 31.0 Å². The topological polar surface area (TPSA) is 78.1 Å². The summed E-state index contributed by atoms with van der Waals surface area (Å²) in [7, 11) is 4.50. The van der Waals surface area contributed by atoms with Gasteiger partial charge in [-0.15, -0.1) is 0 Å². The van der Waals surface area contributed by atoms with Gasteiger partial charge in [-0.2, -0.15) is 0 Å². The van der Waals surface area contributed by atoms with Gasteiger partial charge in [0.25, 0.3) is 0 Å². The maximum absolute atomic E-state index is 4.50. The number of hydrogen-bond acceptors (Lipinski definition) is 3. The Morgan fingerprint density at radius 3 is 1.00 bits per heavy atom. The van der Waals surface area contributed by atoms with Crippen LogP contribution in [0.15, 0.2) is 0 Å². The molecule has 6 N–H and O–H groups in total. The maximum Gasteiger partial charge on any atom is -0.0195 e. The molecular weight excluding hydrogens is 126 g/mol. The average molecular weight is 150 g/mol. The molecule has 0 unspecified atom stereocenters. The highest BCUT2D eigenvalue weighted by Gasteiger charge is 1.56. The zero-order valence-electron chi connectivity index (χ0n) is 7.85. The molecule has 0 atom stereocenters. The van der Waals surface area contributed by atoms with Gasteiger partial charge in [-0.3, -0.25) is 0 Å². The highest BCUT2D eigenvalue weighted by atomic mass is 14.4. The lowest BCUT2D eigenvalue weighted by atomic mass is 10.4. The lowest BCUT2D eigenvalue weighted by molar-refractivity contribution is 0.956. The minimum atomic E-state index is 1.07. The quantitative estimate of drug-likeness (QED) is 0.504. The van der Waals surface area contributed by atoms with Crippen molar-refractivity contribution >= 4 is 0 Å². The Balaban J connectivity index is -0.0000000262. The Kier molecular flexibility index (Phi) is 352. The molecule has 0 saturated heterocycles. The third kappa shape index (κ3) is 482. The Labute approximate surface area is 66.0 Å². The van der Waals surface area contributed by atoms with Crippen LogP contribution in [-0.2, 0) is 0 Å². The normalized spacial score (nSPS) is 4.80. The van der Waals surface area contributed by atoms with Crippen molar-refractivity contribution in [3.63, 3.8) is 0 Å². The van der Waals surface area contributed by atoms with Crippen LogP contribution in [0.4, 0.5) is 0 Å². The number of hydrogen-bond donors (Lipinski definition) is 3. The molecule has 0 aromatic heterocycles. The number of nitrogens with two attached hydrogens (primary N) is 3. The third-order valence-electron chi connectivity index (χ3n) is 0.354. The van der Waals surface area contributed by atoms with E-state index in [1.165, 1.54) is 27.6 Å². The first kappa shape index (κ1) is 22.5. The maximum atomic E-state index is 4.50. The van der Waals surface area contributed by atoms with Crippen molar-refractivity contribution in [2.45, 2.75) is 19.8 Å². The largest absolute Gasteiger partial charge is 0.333 e. The van der Waals surface area contributed by atoms with Crippen LogP contribution in [0.1, 0.15) is 19.8 Å². The van der Waals surface area contributed by atoms with E-state index in [4.69, 9.17) is 0 Å². The molecule has 67 valence electrons. The van der Waals surface area contributed by atoms with Crippen molar-refractivity contribution < 1.29 is 0 Å². The predicted octanol–water partition coefficient (Wildman–Crippen LogP) is 0.345. The van der Waals surface area contributed by atoms with E-state index in [0.29, 0.717) is 0 Å². The molecule has 0 aromatic carbocycles. The van der Waals surface area contributed by atoms with Crippen molar-refractivity contribution in [2.24, 2.45) is 17.2 Å². The van der Waals surface area contributed by atoms with Crippen LogP contribution in [-0.4, -0.2) is 21.1 Å². The third-order valence-corrected chi connectivity index (χ3v) is 0.354. The molecule has 3 heteroatoms. The Morgan fingerprint density at radius 1 is 0.900 bits per heavy atom. The van der Waals surface area contributed by atoms with Gasteiger partial charge in [-0.05, 0) is 21.1 Å². The summed E-state index contributed by atoms with van der Waals surface area (Å²) in [5.41, 5.74) is 13.5.